The molecule has 4 saturated heterocycles. The third kappa shape index (κ3) is 30.1. The standard InChI is InChI=1S/C23H29ClN4.C20H21ClN4O2.C18H17ClN4O.C15H21NO2.C12H7Cl2N3.C8H15NO2.C8H12O3.C2H6.2H2O.Pd/c1-23(2,3)14-16-7-9-19(10-8-16)26-21-11-12-22-25-15-20(28(22)27-21)17-5-4-6-18(24)13-17;21-15-3-1-2-14(12-15)17-13-22-19-5-4-18(24-25(17)19)23-16-6-8-20(9-7-16)26-10-11-27-20;19-13-3-1-2-12(10-13)16-11-20-18-9-8-17(22-23(16)18)21-14-4-6-15(24)7-5-14;1-2-4-13(5-3-1)12-16-14-6-8-15(9-7-14)17-10-11-18-15;13-9-3-1-2-8(6-9)10-7-15-12-5-4-11(14)16-17(10)12;2*9-7-1-3-8(4-2-7)10-5-6-11-8;1-2;;;/h4-6,11-13,15-16,19H,7-10,14H2,1-3H3,(H,26,27);1-5,12-13,16H,6-11H2,(H,23,24);1-3,8-11,14H,4-7H2,(H,21,22);1-5,14,16H,6-12H2;1-7H;7H,1-6,9H2;1-6H2;1-2H3;2*1H2;. The van der Waals surface area contributed by atoms with Gasteiger partial charge < -0.3 is 75.8 Å². The number of imidazole rings is 4. The van der Waals surface area contributed by atoms with Crippen LogP contribution in [0.5, 0.6) is 0 Å². The predicted molar refractivity (Wildman–Crippen MR) is 552 cm³/mol. The van der Waals surface area contributed by atoms with E-state index in [2.05, 4.69) is 103 Å². The molecule has 4 spiro atoms. The molecule has 23 rings (SSSR count). The van der Waals surface area contributed by atoms with E-state index in [1.807, 2.05) is 179 Å². The molecule has 0 unspecified atom stereocenters. The fourth-order valence-corrected chi connectivity index (χ4v) is 20.5. The molecule has 0 bridgehead atoms. The molecule has 10 fully saturated rings. The maximum Gasteiger partial charge on any atom is 0.169 e. The van der Waals surface area contributed by atoms with Gasteiger partial charge in [-0.25, -0.2) is 38.0 Å². The van der Waals surface area contributed by atoms with Crippen molar-refractivity contribution in [3.63, 3.8) is 0 Å². The summed E-state index contributed by atoms with van der Waals surface area (Å²) >= 11 is 30.2. The first-order chi connectivity index (χ1) is 67.0. The Morgan fingerprint density at radius 1 is 0.362 bits per heavy atom. The van der Waals surface area contributed by atoms with E-state index in [1.165, 1.54) is 37.7 Å². The number of hydrogen-bond acceptors (Lipinski definition) is 23. The molecule has 0 radical (unpaired) electrons. The summed E-state index contributed by atoms with van der Waals surface area (Å²) in [6, 6.07) is 58.9. The molecular weight excluding hydrogens is 1990 g/mol. The van der Waals surface area contributed by atoms with Gasteiger partial charge in [0.2, 0.25) is 0 Å². The number of anilines is 3. The van der Waals surface area contributed by atoms with Crippen molar-refractivity contribution in [1.82, 2.24) is 63.7 Å². The molecule has 29 nitrogen and oxygen atoms in total. The van der Waals surface area contributed by atoms with Crippen molar-refractivity contribution < 1.29 is 78.9 Å². The first kappa shape index (κ1) is 109. The Morgan fingerprint density at radius 3 is 1.03 bits per heavy atom. The molecule has 10 aliphatic rings. The SMILES string of the molecule is CC.CC(C)(C)CC1CCC(Nc2ccc3ncc(-c4cccc(Cl)c4)n3n2)CC1.Clc1cccc(-c2cnc3ccc(Cl)nn23)c1.Clc1cccc(-c2cnc3ccc(NC4CCC5(CC4)OCCO5)nn23)c1.NC1CCC2(CC1)OCCO2.O.O.O=C1CCC(Nc2ccc3ncc(-c4cccc(Cl)c4)n3n2)CC1.O=C1CCC2(CC1)OCCO2.[Pd].c1ccc(CNC2CCC3(CC2)OCCO3)cc1. The van der Waals surface area contributed by atoms with E-state index in [0.717, 1.165) is 227 Å². The van der Waals surface area contributed by atoms with Crippen molar-refractivity contribution in [1.29, 1.82) is 0 Å². The fraction of sp³-hybridized carbons (Fsp3) is 0.472. The summed E-state index contributed by atoms with van der Waals surface area (Å²) < 4.78 is 52.4. The summed E-state index contributed by atoms with van der Waals surface area (Å²) in [5, 5.41) is 36.0. The quantitative estimate of drug-likeness (QED) is 0.0631. The average Bonchev–Trinajstić information content (AvgIpc) is 1.66. The van der Waals surface area contributed by atoms with Crippen LogP contribution in [-0.2, 0) is 74.5 Å². The molecule has 5 aromatic carbocycles. The second kappa shape index (κ2) is 51.6. The van der Waals surface area contributed by atoms with E-state index >= 15 is 0 Å². The van der Waals surface area contributed by atoms with Gasteiger partial charge in [-0.1, -0.05) is 171 Å². The van der Waals surface area contributed by atoms with Gasteiger partial charge in [0.15, 0.2) is 45.7 Å². The number of carbonyl (C=O) groups excluding carboxylic acids is 2. The minimum absolute atomic E-state index is 0. The van der Waals surface area contributed by atoms with Gasteiger partial charge in [0, 0.05) is 177 Å². The molecule has 12 heterocycles. The van der Waals surface area contributed by atoms with Crippen LogP contribution in [0.4, 0.5) is 17.5 Å². The summed E-state index contributed by atoms with van der Waals surface area (Å²) in [6.45, 7) is 17.8. The van der Waals surface area contributed by atoms with Crippen LogP contribution in [0.3, 0.4) is 0 Å². The molecule has 10 N–H and O–H groups in total. The first-order valence-electron chi connectivity index (χ1n) is 49.0. The topological polar surface area (TPSA) is 366 Å². The van der Waals surface area contributed by atoms with Crippen molar-refractivity contribution in [2.75, 3.05) is 68.8 Å². The van der Waals surface area contributed by atoms with Gasteiger partial charge in [-0.2, -0.15) is 5.10 Å². The smallest absolute Gasteiger partial charge is 0.169 e. The van der Waals surface area contributed by atoms with E-state index in [1.54, 1.807) is 23.0 Å². The van der Waals surface area contributed by atoms with Crippen LogP contribution in [0, 0.1) is 11.3 Å². The van der Waals surface area contributed by atoms with Crippen molar-refractivity contribution in [2.24, 2.45) is 17.1 Å². The molecule has 13 aromatic rings. The van der Waals surface area contributed by atoms with Crippen LogP contribution in [0.15, 0.2) is 201 Å². The van der Waals surface area contributed by atoms with Gasteiger partial charge in [-0.3, -0.25) is 9.59 Å². The molecule has 8 aromatic heterocycles. The van der Waals surface area contributed by atoms with Crippen molar-refractivity contribution in [3.05, 3.63) is 232 Å². The number of nitrogens with two attached hydrogens (primary N) is 1. The van der Waals surface area contributed by atoms with E-state index in [9.17, 15) is 9.59 Å². The third-order valence-corrected chi connectivity index (χ3v) is 27.9. The molecular formula is C106H132Cl5N17O12Pd. The number of rotatable bonds is 14. The van der Waals surface area contributed by atoms with Crippen LogP contribution in [-0.4, -0.2) is 187 Å². The zero-order chi connectivity index (χ0) is 96.1. The Balaban J connectivity index is 0.000000140. The number of Topliss-reactive ketones (excluding diaryl/α,β-unsaturated/α-hetero) is 2. The zero-order valence-corrected chi connectivity index (χ0v) is 86.1. The molecule has 758 valence electrons. The summed E-state index contributed by atoms with van der Waals surface area (Å²) in [7, 11) is 0. The van der Waals surface area contributed by atoms with E-state index in [-0.39, 0.29) is 54.5 Å². The zero-order valence-electron chi connectivity index (χ0n) is 80.8. The number of nitrogens with zero attached hydrogens (tertiary/aromatic N) is 12. The fourth-order valence-electron chi connectivity index (χ4n) is 19.6. The second-order valence-corrected chi connectivity index (χ2v) is 40.1. The van der Waals surface area contributed by atoms with Gasteiger partial charge in [0.1, 0.15) is 34.2 Å². The molecule has 6 aliphatic carbocycles. The summed E-state index contributed by atoms with van der Waals surface area (Å²) in [5.41, 5.74) is 18.3. The van der Waals surface area contributed by atoms with Gasteiger partial charge in [-0.15, -0.1) is 15.3 Å². The summed E-state index contributed by atoms with van der Waals surface area (Å²) in [5.74, 6) is 2.95. The largest absolute Gasteiger partial charge is 0.412 e. The summed E-state index contributed by atoms with van der Waals surface area (Å²) in [6.07, 6.45) is 31.6. The number of fused-ring (bicyclic) bond motifs is 4. The van der Waals surface area contributed by atoms with Crippen LogP contribution in [0.2, 0.25) is 25.2 Å². The minimum Gasteiger partial charge on any atom is -0.412 e. The van der Waals surface area contributed by atoms with E-state index in [4.69, 9.17) is 112 Å². The Kier molecular flexibility index (Phi) is 40.0. The average molecular weight is 2120 g/mol. The normalized spacial score (nSPS) is 20.4. The monoisotopic (exact) mass is 2120 g/mol. The number of aromatic nitrogens is 12. The molecule has 35 heteroatoms. The van der Waals surface area contributed by atoms with Gasteiger partial charge in [0.05, 0.1) is 100 Å². The summed E-state index contributed by atoms with van der Waals surface area (Å²) in [4.78, 5) is 39.9. The Hall–Kier alpha value is -9.05. The van der Waals surface area contributed by atoms with Gasteiger partial charge >= 0.3 is 0 Å². The number of halogens is 5. The number of nitrogens with one attached hydrogen (secondary N) is 4. The maximum absolute atomic E-state index is 11.4. The molecule has 141 heavy (non-hydrogen) atoms. The Morgan fingerprint density at radius 2 is 0.674 bits per heavy atom. The number of ether oxygens (including phenoxy) is 8. The number of benzene rings is 5. The molecule has 4 aliphatic heterocycles. The van der Waals surface area contributed by atoms with Crippen LogP contribution in [0.1, 0.15) is 201 Å². The van der Waals surface area contributed by atoms with E-state index < -0.39 is 0 Å². The predicted octanol–water partition coefficient (Wildman–Crippen LogP) is 21.6. The first-order valence-corrected chi connectivity index (χ1v) is 50.9. The number of ketones is 2. The van der Waals surface area contributed by atoms with Crippen molar-refractivity contribution in [2.45, 2.75) is 255 Å². The second-order valence-electron chi connectivity index (χ2n) is 38.0. The Labute approximate surface area is 863 Å². The number of carbonyl (C=O) groups is 2. The van der Waals surface area contributed by atoms with Crippen LogP contribution >= 0.6 is 58.0 Å². The minimum atomic E-state index is -0.367. The number of hydrogen-bond donors (Lipinski definition) is 5. The van der Waals surface area contributed by atoms with Crippen molar-refractivity contribution >= 4 is 110 Å². The molecule has 6 saturated carbocycles. The molecule has 0 atom stereocenters. The molecule has 0 amide bonds. The Bertz CT molecular complexity index is 6110. The van der Waals surface area contributed by atoms with Crippen LogP contribution < -0.4 is 27.0 Å². The van der Waals surface area contributed by atoms with Crippen LogP contribution in [0.25, 0.3) is 67.6 Å². The van der Waals surface area contributed by atoms with Gasteiger partial charge in [-0.05, 0) is 197 Å². The van der Waals surface area contributed by atoms with E-state index in [0.29, 0.717) is 125 Å². The van der Waals surface area contributed by atoms with Gasteiger partial charge in [0.25, 0.3) is 0 Å². The maximum atomic E-state index is 11.4. The van der Waals surface area contributed by atoms with Crippen molar-refractivity contribution in [3.8, 4) is 45.0 Å². The third-order valence-electron chi connectivity index (χ3n) is 26.8.